The lowest BCUT2D eigenvalue weighted by molar-refractivity contribution is 0.0315. The van der Waals surface area contributed by atoms with Gasteiger partial charge in [0.05, 0.1) is 0 Å². The highest BCUT2D eigenvalue weighted by molar-refractivity contribution is 4.90. The summed E-state index contributed by atoms with van der Waals surface area (Å²) >= 11 is 0. The van der Waals surface area contributed by atoms with E-state index in [-0.39, 0.29) is 0 Å². The van der Waals surface area contributed by atoms with Gasteiger partial charge in [0.2, 0.25) is 0 Å². The van der Waals surface area contributed by atoms with Crippen LogP contribution in [0.3, 0.4) is 0 Å². The Hall–Kier alpha value is -0.160. The van der Waals surface area contributed by atoms with Gasteiger partial charge in [0.15, 0.2) is 0 Å². The number of likely N-dealkylation sites (N-methyl/N-ethyl adjacent to an activating group) is 1. The lowest BCUT2D eigenvalue weighted by Gasteiger charge is -2.36. The summed E-state index contributed by atoms with van der Waals surface area (Å²) in [5, 5.41) is 0. The fraction of sp³-hybridized carbons (Fsp3) is 1.00. The van der Waals surface area contributed by atoms with Gasteiger partial charge in [-0.3, -0.25) is 9.80 Å². The van der Waals surface area contributed by atoms with Crippen LogP contribution in [0.25, 0.3) is 0 Å². The van der Waals surface area contributed by atoms with Crippen LogP contribution in [0.1, 0.15) is 33.1 Å². The van der Waals surface area contributed by atoms with Crippen LogP contribution >= 0.6 is 0 Å². The summed E-state index contributed by atoms with van der Waals surface area (Å²) < 4.78 is 5.48. The van der Waals surface area contributed by atoms with Crippen molar-refractivity contribution in [3.63, 3.8) is 0 Å². The molecule has 2 saturated heterocycles. The molecule has 2 atom stereocenters. The molecule has 112 valence electrons. The Morgan fingerprint density at radius 3 is 2.47 bits per heavy atom. The molecule has 2 heterocycles. The summed E-state index contributed by atoms with van der Waals surface area (Å²) in [6.45, 7) is 12.0. The van der Waals surface area contributed by atoms with Crippen LogP contribution < -0.4 is 5.73 Å². The van der Waals surface area contributed by atoms with Gasteiger partial charge in [-0.05, 0) is 38.3 Å². The van der Waals surface area contributed by atoms with Gasteiger partial charge in [-0.25, -0.2) is 0 Å². The van der Waals surface area contributed by atoms with E-state index in [4.69, 9.17) is 10.5 Å². The number of likely N-dealkylation sites (tertiary alicyclic amines) is 1. The molecule has 0 aliphatic carbocycles. The summed E-state index contributed by atoms with van der Waals surface area (Å²) in [7, 11) is 0. The van der Waals surface area contributed by atoms with Gasteiger partial charge in [0, 0.05) is 44.9 Å². The molecule has 2 unspecified atom stereocenters. The molecule has 0 bridgehead atoms. The molecule has 0 aromatic carbocycles. The van der Waals surface area contributed by atoms with Gasteiger partial charge in [0.25, 0.3) is 0 Å². The average Bonchev–Trinajstić information content (AvgIpc) is 2.92. The predicted molar refractivity (Wildman–Crippen MR) is 79.3 cm³/mol. The zero-order chi connectivity index (χ0) is 13.7. The van der Waals surface area contributed by atoms with E-state index in [2.05, 4.69) is 23.6 Å². The molecule has 0 radical (unpaired) electrons. The average molecular weight is 269 g/mol. The van der Waals surface area contributed by atoms with E-state index in [0.717, 1.165) is 31.7 Å². The quantitative estimate of drug-likeness (QED) is 0.785. The van der Waals surface area contributed by atoms with Gasteiger partial charge in [-0.15, -0.1) is 0 Å². The Kier molecular flexibility index (Phi) is 6.07. The molecule has 0 saturated carbocycles. The van der Waals surface area contributed by atoms with Crippen LogP contribution in [0.2, 0.25) is 0 Å². The minimum Gasteiger partial charge on any atom is -0.381 e. The third-order valence-corrected chi connectivity index (χ3v) is 5.04. The monoisotopic (exact) mass is 269 g/mol. The molecular formula is C15H31N3O. The van der Waals surface area contributed by atoms with Gasteiger partial charge in [-0.2, -0.15) is 0 Å². The highest BCUT2D eigenvalue weighted by Gasteiger charge is 2.34. The number of rotatable bonds is 6. The smallest absolute Gasteiger partial charge is 0.0469 e. The van der Waals surface area contributed by atoms with Crippen LogP contribution in [-0.2, 0) is 4.74 Å². The second kappa shape index (κ2) is 7.58. The summed E-state index contributed by atoms with van der Waals surface area (Å²) in [6, 6.07) is 1.31. The Morgan fingerprint density at radius 2 is 1.89 bits per heavy atom. The third kappa shape index (κ3) is 3.69. The summed E-state index contributed by atoms with van der Waals surface area (Å²) in [4.78, 5) is 5.25. The molecule has 2 aliphatic heterocycles. The van der Waals surface area contributed by atoms with Crippen LogP contribution in [0, 0.1) is 5.92 Å². The van der Waals surface area contributed by atoms with Crippen LogP contribution in [0.15, 0.2) is 0 Å². The van der Waals surface area contributed by atoms with E-state index in [0.29, 0.717) is 6.04 Å². The molecule has 2 fully saturated rings. The maximum Gasteiger partial charge on any atom is 0.0469 e. The minimum atomic E-state index is 0.574. The first kappa shape index (κ1) is 15.2. The normalized spacial score (nSPS) is 28.1. The number of nitrogens with two attached hydrogens (primary N) is 1. The third-order valence-electron chi connectivity index (χ3n) is 5.04. The Morgan fingerprint density at radius 1 is 1.21 bits per heavy atom. The van der Waals surface area contributed by atoms with Crippen molar-refractivity contribution in [3.05, 3.63) is 0 Å². The van der Waals surface area contributed by atoms with E-state index in [1.165, 1.54) is 45.4 Å². The van der Waals surface area contributed by atoms with Crippen molar-refractivity contribution in [2.75, 3.05) is 45.9 Å². The summed E-state index contributed by atoms with van der Waals surface area (Å²) in [6.07, 6.45) is 3.68. The predicted octanol–water partition coefficient (Wildman–Crippen LogP) is 1.16. The van der Waals surface area contributed by atoms with Crippen LogP contribution in [-0.4, -0.2) is 67.8 Å². The molecule has 2 N–H and O–H groups in total. The summed E-state index contributed by atoms with van der Waals surface area (Å²) in [5.41, 5.74) is 6.07. The van der Waals surface area contributed by atoms with Gasteiger partial charge in [0.1, 0.15) is 0 Å². The van der Waals surface area contributed by atoms with E-state index in [9.17, 15) is 0 Å². The second-order valence-electron chi connectivity index (χ2n) is 5.91. The maximum absolute atomic E-state index is 6.07. The molecule has 4 heteroatoms. The van der Waals surface area contributed by atoms with E-state index >= 15 is 0 Å². The SMILES string of the molecule is CCN(CC)C1CCN(C(CN)C2CCOCC2)C1. The van der Waals surface area contributed by atoms with Crippen molar-refractivity contribution in [1.29, 1.82) is 0 Å². The van der Waals surface area contributed by atoms with Gasteiger partial charge in [-0.1, -0.05) is 13.8 Å². The van der Waals surface area contributed by atoms with Crippen LogP contribution in [0.4, 0.5) is 0 Å². The van der Waals surface area contributed by atoms with Gasteiger partial charge >= 0.3 is 0 Å². The summed E-state index contributed by atoms with van der Waals surface area (Å²) in [5.74, 6) is 0.745. The Bertz CT molecular complexity index is 252. The van der Waals surface area contributed by atoms with Crippen LogP contribution in [0.5, 0.6) is 0 Å². The van der Waals surface area contributed by atoms with Crippen molar-refractivity contribution >= 4 is 0 Å². The molecule has 19 heavy (non-hydrogen) atoms. The van der Waals surface area contributed by atoms with Crippen molar-refractivity contribution in [2.24, 2.45) is 11.7 Å². The highest BCUT2D eigenvalue weighted by atomic mass is 16.5. The Balaban J connectivity index is 1.89. The highest BCUT2D eigenvalue weighted by Crippen LogP contribution is 2.26. The molecule has 0 aromatic heterocycles. The van der Waals surface area contributed by atoms with E-state index in [1.807, 2.05) is 0 Å². The van der Waals surface area contributed by atoms with Gasteiger partial charge < -0.3 is 10.5 Å². The molecule has 2 rings (SSSR count). The number of ether oxygens (including phenoxy) is 1. The largest absolute Gasteiger partial charge is 0.381 e. The van der Waals surface area contributed by atoms with E-state index in [1.54, 1.807) is 0 Å². The Labute approximate surface area is 118 Å². The standard InChI is InChI=1S/C15H31N3O/c1-3-17(4-2)14-5-8-18(12-14)15(11-16)13-6-9-19-10-7-13/h13-15H,3-12,16H2,1-2H3. The number of nitrogens with zero attached hydrogens (tertiary/aromatic N) is 2. The molecular weight excluding hydrogens is 238 g/mol. The molecule has 0 spiro atoms. The fourth-order valence-corrected chi connectivity index (χ4v) is 3.85. The zero-order valence-corrected chi connectivity index (χ0v) is 12.7. The van der Waals surface area contributed by atoms with Crippen molar-refractivity contribution in [1.82, 2.24) is 9.80 Å². The van der Waals surface area contributed by atoms with Crippen molar-refractivity contribution in [2.45, 2.75) is 45.2 Å². The lowest BCUT2D eigenvalue weighted by Crippen LogP contribution is -2.47. The zero-order valence-electron chi connectivity index (χ0n) is 12.7. The first-order valence-electron chi connectivity index (χ1n) is 8.06. The first-order chi connectivity index (χ1) is 9.30. The van der Waals surface area contributed by atoms with Crippen molar-refractivity contribution < 1.29 is 4.74 Å². The number of hydrogen-bond donors (Lipinski definition) is 1. The molecule has 0 amide bonds. The molecule has 4 nitrogen and oxygen atoms in total. The first-order valence-corrected chi connectivity index (χ1v) is 8.06. The molecule has 2 aliphatic rings. The second-order valence-corrected chi connectivity index (χ2v) is 5.91. The molecule has 0 aromatic rings. The van der Waals surface area contributed by atoms with Crippen molar-refractivity contribution in [3.8, 4) is 0 Å². The maximum atomic E-state index is 6.07. The minimum absolute atomic E-state index is 0.574. The fourth-order valence-electron chi connectivity index (χ4n) is 3.85. The lowest BCUT2D eigenvalue weighted by atomic mass is 9.91. The number of hydrogen-bond acceptors (Lipinski definition) is 4. The van der Waals surface area contributed by atoms with E-state index < -0.39 is 0 Å². The topological polar surface area (TPSA) is 41.7 Å².